The van der Waals surface area contributed by atoms with Crippen molar-refractivity contribution in [3.63, 3.8) is 0 Å². The standard InChI is InChI=1S/C16H21N3O2/c1-11-8-16(9-12(2)21-11)14(17)18-15(20)19(16)10-13-6-4-3-5-7-13/h3-7,11-12H,8-10H2,1-2H3,(H2,17,18,20). The number of hydrogen-bond donors (Lipinski definition) is 1. The molecule has 2 heterocycles. The number of ether oxygens (including phenoxy) is 1. The second-order valence-corrected chi connectivity index (χ2v) is 6.05. The number of amidine groups is 1. The molecule has 5 nitrogen and oxygen atoms in total. The van der Waals surface area contributed by atoms with Crippen LogP contribution in [0.2, 0.25) is 0 Å². The molecule has 21 heavy (non-hydrogen) atoms. The Hall–Kier alpha value is -1.88. The van der Waals surface area contributed by atoms with Crippen LogP contribution in [-0.2, 0) is 11.3 Å². The van der Waals surface area contributed by atoms with Gasteiger partial charge in [-0.3, -0.25) is 0 Å². The van der Waals surface area contributed by atoms with E-state index < -0.39 is 5.54 Å². The van der Waals surface area contributed by atoms with Crippen molar-refractivity contribution < 1.29 is 9.53 Å². The number of benzene rings is 1. The second-order valence-electron chi connectivity index (χ2n) is 6.05. The number of amides is 2. The van der Waals surface area contributed by atoms with Crippen LogP contribution in [-0.4, -0.2) is 34.5 Å². The molecule has 0 aromatic heterocycles. The molecule has 2 N–H and O–H groups in total. The first-order valence-corrected chi connectivity index (χ1v) is 7.37. The Labute approximate surface area is 124 Å². The van der Waals surface area contributed by atoms with Crippen molar-refractivity contribution in [3.8, 4) is 0 Å². The van der Waals surface area contributed by atoms with Gasteiger partial charge >= 0.3 is 6.03 Å². The first-order valence-electron chi connectivity index (χ1n) is 7.37. The number of aliphatic imine (C=N–C) groups is 1. The zero-order chi connectivity index (χ0) is 15.0. The Morgan fingerprint density at radius 2 is 1.90 bits per heavy atom. The number of urea groups is 1. The molecule has 2 amide bonds. The molecule has 1 spiro atoms. The normalized spacial score (nSPS) is 32.6. The van der Waals surface area contributed by atoms with Crippen LogP contribution < -0.4 is 5.73 Å². The quantitative estimate of drug-likeness (QED) is 0.907. The Kier molecular flexibility index (Phi) is 3.45. The Morgan fingerprint density at radius 3 is 2.52 bits per heavy atom. The van der Waals surface area contributed by atoms with E-state index in [0.29, 0.717) is 25.2 Å². The van der Waals surface area contributed by atoms with Crippen LogP contribution in [0.25, 0.3) is 0 Å². The van der Waals surface area contributed by atoms with Crippen molar-refractivity contribution in [2.45, 2.75) is 51.0 Å². The van der Waals surface area contributed by atoms with E-state index in [-0.39, 0.29) is 18.2 Å². The number of carbonyl (C=O) groups is 1. The fourth-order valence-corrected chi connectivity index (χ4v) is 3.53. The van der Waals surface area contributed by atoms with Crippen molar-refractivity contribution in [1.29, 1.82) is 0 Å². The summed E-state index contributed by atoms with van der Waals surface area (Å²) < 4.78 is 5.81. The van der Waals surface area contributed by atoms with Gasteiger partial charge in [0, 0.05) is 19.4 Å². The lowest BCUT2D eigenvalue weighted by Crippen LogP contribution is -2.59. The Balaban J connectivity index is 1.92. The van der Waals surface area contributed by atoms with Gasteiger partial charge in [0.25, 0.3) is 0 Å². The molecule has 3 rings (SSSR count). The van der Waals surface area contributed by atoms with Crippen LogP contribution in [0, 0.1) is 0 Å². The van der Waals surface area contributed by atoms with Crippen LogP contribution in [0.4, 0.5) is 4.79 Å². The van der Waals surface area contributed by atoms with Gasteiger partial charge in [-0.05, 0) is 19.4 Å². The monoisotopic (exact) mass is 287 g/mol. The van der Waals surface area contributed by atoms with Gasteiger partial charge in [0.05, 0.1) is 12.2 Å². The fourth-order valence-electron chi connectivity index (χ4n) is 3.53. The molecular formula is C16H21N3O2. The van der Waals surface area contributed by atoms with Gasteiger partial charge in [-0.25, -0.2) is 4.79 Å². The predicted octanol–water partition coefficient (Wildman–Crippen LogP) is 2.31. The van der Waals surface area contributed by atoms with E-state index in [4.69, 9.17) is 10.5 Å². The summed E-state index contributed by atoms with van der Waals surface area (Å²) in [6.07, 6.45) is 1.52. The predicted molar refractivity (Wildman–Crippen MR) is 81.0 cm³/mol. The van der Waals surface area contributed by atoms with Gasteiger partial charge in [0.15, 0.2) is 0 Å². The summed E-state index contributed by atoms with van der Waals surface area (Å²) in [5.74, 6) is 0.436. The smallest absolute Gasteiger partial charge is 0.346 e. The van der Waals surface area contributed by atoms with E-state index in [1.807, 2.05) is 49.1 Å². The number of carbonyl (C=O) groups excluding carboxylic acids is 1. The van der Waals surface area contributed by atoms with Gasteiger partial charge in [-0.15, -0.1) is 0 Å². The van der Waals surface area contributed by atoms with E-state index in [1.54, 1.807) is 0 Å². The lowest BCUT2D eigenvalue weighted by atomic mass is 9.82. The minimum absolute atomic E-state index is 0.0617. The molecule has 112 valence electrons. The van der Waals surface area contributed by atoms with Crippen molar-refractivity contribution in [3.05, 3.63) is 35.9 Å². The summed E-state index contributed by atoms with van der Waals surface area (Å²) in [4.78, 5) is 18.1. The Morgan fingerprint density at radius 1 is 1.29 bits per heavy atom. The summed E-state index contributed by atoms with van der Waals surface area (Å²) in [5, 5.41) is 0. The van der Waals surface area contributed by atoms with E-state index in [2.05, 4.69) is 4.99 Å². The first-order chi connectivity index (χ1) is 10.0. The average molecular weight is 287 g/mol. The third-order valence-corrected chi connectivity index (χ3v) is 4.34. The van der Waals surface area contributed by atoms with Crippen LogP contribution >= 0.6 is 0 Å². The van der Waals surface area contributed by atoms with Crippen molar-refractivity contribution in [1.82, 2.24) is 4.90 Å². The molecule has 2 unspecified atom stereocenters. The van der Waals surface area contributed by atoms with E-state index in [1.165, 1.54) is 0 Å². The minimum Gasteiger partial charge on any atom is -0.385 e. The molecule has 2 aliphatic heterocycles. The molecule has 0 radical (unpaired) electrons. The fraction of sp³-hybridized carbons (Fsp3) is 0.500. The maximum Gasteiger partial charge on any atom is 0.346 e. The molecule has 0 bridgehead atoms. The van der Waals surface area contributed by atoms with Crippen LogP contribution in [0.5, 0.6) is 0 Å². The third-order valence-electron chi connectivity index (χ3n) is 4.34. The Bertz CT molecular complexity index is 560. The van der Waals surface area contributed by atoms with Gasteiger partial charge in [0.1, 0.15) is 11.4 Å². The highest BCUT2D eigenvalue weighted by Crippen LogP contribution is 2.38. The molecule has 2 aliphatic rings. The number of nitrogens with zero attached hydrogens (tertiary/aromatic N) is 2. The lowest BCUT2D eigenvalue weighted by molar-refractivity contribution is -0.0727. The molecule has 2 atom stereocenters. The second kappa shape index (κ2) is 5.15. The van der Waals surface area contributed by atoms with E-state index in [0.717, 1.165) is 5.56 Å². The molecule has 0 aliphatic carbocycles. The van der Waals surface area contributed by atoms with Crippen molar-refractivity contribution >= 4 is 11.9 Å². The van der Waals surface area contributed by atoms with Crippen molar-refractivity contribution in [2.75, 3.05) is 0 Å². The molecule has 1 aromatic carbocycles. The number of nitrogens with two attached hydrogens (primary N) is 1. The summed E-state index contributed by atoms with van der Waals surface area (Å²) in [7, 11) is 0. The van der Waals surface area contributed by atoms with Crippen LogP contribution in [0.3, 0.4) is 0 Å². The van der Waals surface area contributed by atoms with Gasteiger partial charge < -0.3 is 15.4 Å². The van der Waals surface area contributed by atoms with Crippen LogP contribution in [0.15, 0.2) is 35.3 Å². The topological polar surface area (TPSA) is 67.9 Å². The van der Waals surface area contributed by atoms with Crippen molar-refractivity contribution in [2.24, 2.45) is 10.7 Å². The summed E-state index contributed by atoms with van der Waals surface area (Å²) in [5.41, 5.74) is 6.72. The highest BCUT2D eigenvalue weighted by molar-refractivity contribution is 6.05. The summed E-state index contributed by atoms with van der Waals surface area (Å²) in [6, 6.07) is 9.71. The maximum absolute atomic E-state index is 12.3. The van der Waals surface area contributed by atoms with E-state index >= 15 is 0 Å². The number of hydrogen-bond acceptors (Lipinski definition) is 3. The lowest BCUT2D eigenvalue weighted by Gasteiger charge is -2.45. The van der Waals surface area contributed by atoms with Gasteiger partial charge in [0.2, 0.25) is 0 Å². The third kappa shape index (κ3) is 2.42. The zero-order valence-electron chi connectivity index (χ0n) is 12.5. The van der Waals surface area contributed by atoms with Crippen LogP contribution in [0.1, 0.15) is 32.3 Å². The number of rotatable bonds is 2. The molecule has 1 saturated heterocycles. The highest BCUT2D eigenvalue weighted by Gasteiger charge is 2.52. The van der Waals surface area contributed by atoms with Gasteiger partial charge in [-0.2, -0.15) is 4.99 Å². The molecule has 5 heteroatoms. The average Bonchev–Trinajstić information content (AvgIpc) is 2.63. The molecule has 1 fully saturated rings. The molecule has 0 saturated carbocycles. The molecular weight excluding hydrogens is 266 g/mol. The maximum atomic E-state index is 12.3. The largest absolute Gasteiger partial charge is 0.385 e. The van der Waals surface area contributed by atoms with Gasteiger partial charge in [-0.1, -0.05) is 30.3 Å². The summed E-state index contributed by atoms with van der Waals surface area (Å²) >= 11 is 0. The highest BCUT2D eigenvalue weighted by atomic mass is 16.5. The zero-order valence-corrected chi connectivity index (χ0v) is 12.5. The molecule has 1 aromatic rings. The first kappa shape index (κ1) is 14.1. The minimum atomic E-state index is -0.496. The SMILES string of the molecule is CC1CC2(CC(C)O1)C(N)=NC(=O)N2Cc1ccccc1. The summed E-state index contributed by atoms with van der Waals surface area (Å²) in [6.45, 7) is 4.58. The van der Waals surface area contributed by atoms with E-state index in [9.17, 15) is 4.79 Å².